The molecular weight excluding hydrogens is 577 g/mol. The maximum atomic E-state index is 14.0. The van der Waals surface area contributed by atoms with Gasteiger partial charge >= 0.3 is 12.0 Å². The van der Waals surface area contributed by atoms with Crippen LogP contribution in [0.15, 0.2) is 48.5 Å². The number of fused-ring (bicyclic) bond motifs is 3. The Kier molecular flexibility index (Phi) is 11.8. The molecule has 2 amide bonds. The van der Waals surface area contributed by atoms with E-state index in [0.29, 0.717) is 31.5 Å². The minimum Gasteiger partial charge on any atom is -0.481 e. The number of aliphatic hydroxyl groups excluding tert-OH is 3. The highest BCUT2D eigenvalue weighted by Gasteiger charge is 2.26. The van der Waals surface area contributed by atoms with Gasteiger partial charge in [-0.3, -0.25) is 9.78 Å². The number of aliphatic hydroxyl groups is 3. The second-order valence-corrected chi connectivity index (χ2v) is 11.7. The number of nitrogens with one attached hydrogen (secondary N) is 2. The lowest BCUT2D eigenvalue weighted by Gasteiger charge is -2.22. The minimum absolute atomic E-state index is 0.0222. The number of aromatic nitrogens is 1. The van der Waals surface area contributed by atoms with E-state index in [1.165, 1.54) is 12.1 Å². The lowest BCUT2D eigenvalue weighted by Crippen LogP contribution is -2.29. The van der Waals surface area contributed by atoms with Crippen molar-refractivity contribution in [2.75, 3.05) is 18.5 Å². The number of carboxylic acid groups (broad SMARTS) is 1. The zero-order valence-electron chi connectivity index (χ0n) is 25.7. The molecule has 0 bridgehead atoms. The number of carbonyl (C=O) groups excluding carboxylic acids is 1. The highest BCUT2D eigenvalue weighted by Crippen LogP contribution is 2.42. The van der Waals surface area contributed by atoms with Gasteiger partial charge in [-0.1, -0.05) is 44.2 Å². The molecule has 0 saturated heterocycles. The van der Waals surface area contributed by atoms with E-state index in [1.807, 2.05) is 32.0 Å². The third-order valence-corrected chi connectivity index (χ3v) is 7.82. The van der Waals surface area contributed by atoms with Crippen LogP contribution in [0.3, 0.4) is 0 Å². The molecule has 0 fully saturated rings. The fraction of sp³-hybridized carbons (Fsp3) is 0.400. The molecule has 6 N–H and O–H groups in total. The summed E-state index contributed by atoms with van der Waals surface area (Å²) in [6, 6.07) is 11.8. The molecule has 1 aromatic heterocycles. The normalized spacial score (nSPS) is 14.0. The van der Waals surface area contributed by atoms with Crippen molar-refractivity contribution in [3.63, 3.8) is 0 Å². The van der Waals surface area contributed by atoms with Crippen molar-refractivity contribution in [1.82, 2.24) is 10.3 Å². The second-order valence-electron chi connectivity index (χ2n) is 11.7. The van der Waals surface area contributed by atoms with E-state index in [4.69, 9.17) is 15.2 Å². The van der Waals surface area contributed by atoms with Gasteiger partial charge in [0.1, 0.15) is 5.82 Å². The Bertz CT molecular complexity index is 1520. The molecule has 2 atom stereocenters. The number of aliphatic carboxylic acids is 1. The third-order valence-electron chi connectivity index (χ3n) is 7.82. The van der Waals surface area contributed by atoms with Crippen LogP contribution < -0.4 is 10.6 Å². The molecule has 3 aromatic rings. The molecule has 1 heterocycles. The summed E-state index contributed by atoms with van der Waals surface area (Å²) in [5, 5.41) is 44.3. The standard InChI is InChI=1S/C35H42FN3O6/c1-21(2)33-30(15-13-26(41)19-27(42)20-31(43)44)32(22-8-10-24(36)11-9-22)29-7-5-6-23-18-25(12-14-28(23)34(29)39-33)38-35(45)37-16-3-4-17-40/h8-15,18,21,26-27,40-42H,3-7,16-17,19-20H2,1-2H3,(H,43,44)(H2,37,38,45)/b15-13+/t26-,27-/m1/s1. The van der Waals surface area contributed by atoms with Crippen LogP contribution in [0.5, 0.6) is 0 Å². The molecule has 1 aliphatic rings. The van der Waals surface area contributed by atoms with Gasteiger partial charge in [0.2, 0.25) is 0 Å². The first-order valence-electron chi connectivity index (χ1n) is 15.4. The first-order valence-corrected chi connectivity index (χ1v) is 15.4. The van der Waals surface area contributed by atoms with E-state index < -0.39 is 24.6 Å². The topological polar surface area (TPSA) is 152 Å². The number of nitrogens with zero attached hydrogens (tertiary/aromatic N) is 1. The molecule has 0 saturated carbocycles. The number of carbonyl (C=O) groups is 2. The summed E-state index contributed by atoms with van der Waals surface area (Å²) in [5.41, 5.74) is 7.72. The maximum absolute atomic E-state index is 14.0. The molecule has 45 heavy (non-hydrogen) atoms. The van der Waals surface area contributed by atoms with Crippen molar-refractivity contribution in [2.45, 2.75) is 76.9 Å². The summed E-state index contributed by atoms with van der Waals surface area (Å²) in [4.78, 5) is 28.6. The molecule has 0 aliphatic heterocycles. The van der Waals surface area contributed by atoms with Gasteiger partial charge in [-0.05, 0) is 84.5 Å². The van der Waals surface area contributed by atoms with E-state index in [2.05, 4.69) is 10.6 Å². The van der Waals surface area contributed by atoms with E-state index in [-0.39, 0.29) is 30.8 Å². The number of benzene rings is 2. The summed E-state index contributed by atoms with van der Waals surface area (Å²) in [6.07, 6.45) is 4.01. The number of amides is 2. The lowest BCUT2D eigenvalue weighted by molar-refractivity contribution is -0.139. The van der Waals surface area contributed by atoms with Gasteiger partial charge in [0, 0.05) is 36.4 Å². The number of rotatable bonds is 13. The van der Waals surface area contributed by atoms with Crippen molar-refractivity contribution in [3.05, 3.63) is 76.7 Å². The predicted molar refractivity (Wildman–Crippen MR) is 172 cm³/mol. The van der Waals surface area contributed by atoms with Gasteiger partial charge in [-0.2, -0.15) is 0 Å². The SMILES string of the molecule is CC(C)c1nc2c(c(-c3ccc(F)cc3)c1/C=C/[C@@H](O)C[C@@H](O)CC(=O)O)CCCc1cc(NC(=O)NCCCCO)ccc1-2. The smallest absolute Gasteiger partial charge is 0.319 e. The summed E-state index contributed by atoms with van der Waals surface area (Å²) in [7, 11) is 0. The van der Waals surface area contributed by atoms with Crippen LogP contribution in [-0.2, 0) is 17.6 Å². The summed E-state index contributed by atoms with van der Waals surface area (Å²) < 4.78 is 14.0. The van der Waals surface area contributed by atoms with E-state index >= 15 is 0 Å². The molecule has 4 rings (SSSR count). The van der Waals surface area contributed by atoms with Crippen molar-refractivity contribution in [1.29, 1.82) is 0 Å². The molecule has 9 nitrogen and oxygen atoms in total. The van der Waals surface area contributed by atoms with Gasteiger partial charge in [0.05, 0.1) is 30.0 Å². The van der Waals surface area contributed by atoms with Crippen LogP contribution in [0.1, 0.15) is 74.3 Å². The molecule has 0 unspecified atom stereocenters. The van der Waals surface area contributed by atoms with E-state index in [1.54, 1.807) is 24.3 Å². The van der Waals surface area contributed by atoms with Crippen molar-refractivity contribution in [2.24, 2.45) is 0 Å². The van der Waals surface area contributed by atoms with Crippen molar-refractivity contribution >= 4 is 23.8 Å². The van der Waals surface area contributed by atoms with Gasteiger partial charge in [0.25, 0.3) is 0 Å². The number of carboxylic acids is 1. The Morgan fingerprint density at radius 3 is 2.51 bits per heavy atom. The zero-order valence-corrected chi connectivity index (χ0v) is 25.7. The Morgan fingerprint density at radius 1 is 1.07 bits per heavy atom. The average molecular weight is 620 g/mol. The fourth-order valence-corrected chi connectivity index (χ4v) is 5.71. The van der Waals surface area contributed by atoms with Crippen LogP contribution >= 0.6 is 0 Å². The largest absolute Gasteiger partial charge is 0.481 e. The highest BCUT2D eigenvalue weighted by molar-refractivity contribution is 5.91. The summed E-state index contributed by atoms with van der Waals surface area (Å²) >= 11 is 0. The van der Waals surface area contributed by atoms with Crippen molar-refractivity contribution < 1.29 is 34.4 Å². The number of pyridine rings is 1. The molecule has 0 spiro atoms. The molecule has 1 aliphatic carbocycles. The molecular formula is C35H42FN3O6. The van der Waals surface area contributed by atoms with Crippen LogP contribution in [0, 0.1) is 5.82 Å². The number of aryl methyl sites for hydroxylation is 1. The van der Waals surface area contributed by atoms with Crippen LogP contribution in [0.2, 0.25) is 0 Å². The van der Waals surface area contributed by atoms with Crippen molar-refractivity contribution in [3.8, 4) is 22.4 Å². The number of hydrogen-bond acceptors (Lipinski definition) is 6. The number of anilines is 1. The monoisotopic (exact) mass is 619 g/mol. The average Bonchev–Trinajstić information content (AvgIpc) is 3.16. The summed E-state index contributed by atoms with van der Waals surface area (Å²) in [6.45, 7) is 4.60. The maximum Gasteiger partial charge on any atom is 0.319 e. The first-order chi connectivity index (χ1) is 21.6. The molecule has 240 valence electrons. The first kappa shape index (κ1) is 33.8. The number of halogens is 1. The predicted octanol–water partition coefficient (Wildman–Crippen LogP) is 5.66. The van der Waals surface area contributed by atoms with Gasteiger partial charge in [0.15, 0.2) is 0 Å². The van der Waals surface area contributed by atoms with Crippen LogP contribution in [-0.4, -0.2) is 62.8 Å². The molecule has 10 heteroatoms. The molecule has 2 aromatic carbocycles. The van der Waals surface area contributed by atoms with E-state index in [9.17, 15) is 24.2 Å². The van der Waals surface area contributed by atoms with Crippen LogP contribution in [0.4, 0.5) is 14.9 Å². The Hall–Kier alpha value is -4.12. The lowest BCUT2D eigenvalue weighted by atomic mass is 9.86. The van der Waals surface area contributed by atoms with Gasteiger partial charge in [-0.25, -0.2) is 9.18 Å². The number of unbranched alkanes of at least 4 members (excludes halogenated alkanes) is 1. The zero-order chi connectivity index (χ0) is 32.5. The number of urea groups is 1. The molecule has 0 radical (unpaired) electrons. The Morgan fingerprint density at radius 2 is 1.82 bits per heavy atom. The fourth-order valence-electron chi connectivity index (χ4n) is 5.71. The summed E-state index contributed by atoms with van der Waals surface area (Å²) in [5.74, 6) is -1.52. The van der Waals surface area contributed by atoms with Gasteiger partial charge in [-0.15, -0.1) is 0 Å². The van der Waals surface area contributed by atoms with Gasteiger partial charge < -0.3 is 31.1 Å². The highest BCUT2D eigenvalue weighted by atomic mass is 19.1. The quantitative estimate of drug-likeness (QED) is 0.135. The van der Waals surface area contributed by atoms with E-state index in [0.717, 1.165) is 57.6 Å². The second kappa shape index (κ2) is 15.7. The third kappa shape index (κ3) is 8.97. The minimum atomic E-state index is -1.19. The Labute approximate surface area is 262 Å². The number of hydrogen-bond donors (Lipinski definition) is 6. The van der Waals surface area contributed by atoms with Crippen LogP contribution in [0.25, 0.3) is 28.5 Å². The Balaban J connectivity index is 1.77.